The predicted molar refractivity (Wildman–Crippen MR) is 71.9 cm³/mol. The molecule has 0 bridgehead atoms. The maximum absolute atomic E-state index is 5.91. The van der Waals surface area contributed by atoms with Crippen molar-refractivity contribution in [2.24, 2.45) is 0 Å². The van der Waals surface area contributed by atoms with Crippen LogP contribution in [0, 0.1) is 0 Å². The normalized spacial score (nSPS) is 11.2. The van der Waals surface area contributed by atoms with Gasteiger partial charge in [-0.25, -0.2) is 4.98 Å². The van der Waals surface area contributed by atoms with E-state index < -0.39 is 0 Å². The van der Waals surface area contributed by atoms with Gasteiger partial charge >= 0.3 is 0 Å². The van der Waals surface area contributed by atoms with Crippen molar-refractivity contribution >= 4 is 28.6 Å². The van der Waals surface area contributed by atoms with Crippen molar-refractivity contribution in [3.8, 4) is 0 Å². The minimum atomic E-state index is 0.475. The second-order valence-corrected chi connectivity index (χ2v) is 4.30. The van der Waals surface area contributed by atoms with E-state index in [0.717, 1.165) is 11.0 Å². The Bertz CT molecular complexity index is 527. The molecule has 98 valence electrons. The molecule has 0 spiro atoms. The fraction of sp³-hybridized carbons (Fsp3) is 0.417. The molecule has 0 unspecified atom stereocenters. The Labute approximate surface area is 110 Å². The minimum Gasteiger partial charge on any atom is -0.382 e. The number of nitrogens with zero attached hydrogens (tertiary/aromatic N) is 2. The Kier molecular flexibility index (Phi) is 4.41. The number of nitrogens with two attached hydrogens (primary N) is 1. The summed E-state index contributed by atoms with van der Waals surface area (Å²) >= 11 is 5.91. The van der Waals surface area contributed by atoms with E-state index in [1.165, 1.54) is 0 Å². The number of imidazole rings is 1. The van der Waals surface area contributed by atoms with Gasteiger partial charge in [0, 0.05) is 18.7 Å². The largest absolute Gasteiger partial charge is 0.382 e. The lowest BCUT2D eigenvalue weighted by Crippen LogP contribution is -2.11. The molecule has 0 radical (unpaired) electrons. The topological polar surface area (TPSA) is 62.3 Å². The van der Waals surface area contributed by atoms with Gasteiger partial charge in [0.25, 0.3) is 0 Å². The smallest absolute Gasteiger partial charge is 0.201 e. The van der Waals surface area contributed by atoms with Crippen molar-refractivity contribution in [3.05, 3.63) is 23.2 Å². The number of methoxy groups -OCH3 is 1. The van der Waals surface area contributed by atoms with Crippen LogP contribution in [0.2, 0.25) is 5.02 Å². The number of hydrogen-bond donors (Lipinski definition) is 1. The van der Waals surface area contributed by atoms with Crippen LogP contribution in [0.4, 0.5) is 5.95 Å². The van der Waals surface area contributed by atoms with Gasteiger partial charge in [-0.1, -0.05) is 11.6 Å². The number of halogens is 1. The molecule has 0 atom stereocenters. The molecule has 1 heterocycles. The van der Waals surface area contributed by atoms with E-state index in [0.29, 0.717) is 37.3 Å². The molecule has 5 nitrogen and oxygen atoms in total. The number of rotatable bonds is 6. The zero-order chi connectivity index (χ0) is 13.0. The quantitative estimate of drug-likeness (QED) is 0.814. The highest BCUT2D eigenvalue weighted by molar-refractivity contribution is 6.31. The van der Waals surface area contributed by atoms with Crippen LogP contribution in [0.25, 0.3) is 11.0 Å². The standard InChI is InChI=1S/C12H16ClN3O2/c1-17-6-7-18-5-4-16-11-3-2-9(13)8-10(11)15-12(16)14/h2-3,8H,4-7H2,1H3,(H2,14,15). The Morgan fingerprint density at radius 2 is 2.17 bits per heavy atom. The minimum absolute atomic E-state index is 0.475. The van der Waals surface area contributed by atoms with Gasteiger partial charge in [-0.2, -0.15) is 0 Å². The first-order valence-corrected chi connectivity index (χ1v) is 6.08. The molecule has 0 aliphatic carbocycles. The predicted octanol–water partition coefficient (Wildman–Crippen LogP) is 1.93. The van der Waals surface area contributed by atoms with Gasteiger partial charge in [-0.3, -0.25) is 0 Å². The Morgan fingerprint density at radius 3 is 2.94 bits per heavy atom. The lowest BCUT2D eigenvalue weighted by molar-refractivity contribution is 0.0671. The van der Waals surface area contributed by atoms with Crippen LogP contribution in [-0.2, 0) is 16.0 Å². The summed E-state index contributed by atoms with van der Waals surface area (Å²) in [7, 11) is 1.65. The monoisotopic (exact) mass is 269 g/mol. The summed E-state index contributed by atoms with van der Waals surface area (Å²) in [5, 5.41) is 0.656. The van der Waals surface area contributed by atoms with Crippen LogP contribution in [-0.4, -0.2) is 36.5 Å². The summed E-state index contributed by atoms with van der Waals surface area (Å²) < 4.78 is 12.2. The van der Waals surface area contributed by atoms with Crippen LogP contribution < -0.4 is 5.73 Å². The fourth-order valence-electron chi connectivity index (χ4n) is 1.76. The van der Waals surface area contributed by atoms with Crippen LogP contribution in [0.5, 0.6) is 0 Å². The van der Waals surface area contributed by atoms with Crippen molar-refractivity contribution in [2.45, 2.75) is 6.54 Å². The molecule has 1 aromatic heterocycles. The van der Waals surface area contributed by atoms with E-state index in [9.17, 15) is 0 Å². The maximum atomic E-state index is 5.91. The first-order chi connectivity index (χ1) is 8.72. The Balaban J connectivity index is 2.05. The first kappa shape index (κ1) is 13.1. The first-order valence-electron chi connectivity index (χ1n) is 5.70. The second kappa shape index (κ2) is 6.04. The van der Waals surface area contributed by atoms with Gasteiger partial charge in [0.2, 0.25) is 5.95 Å². The number of anilines is 1. The summed E-state index contributed by atoms with van der Waals surface area (Å²) in [6.45, 7) is 2.40. The van der Waals surface area contributed by atoms with E-state index in [1.807, 2.05) is 16.7 Å². The molecule has 1 aromatic carbocycles. The van der Waals surface area contributed by atoms with Crippen LogP contribution >= 0.6 is 11.6 Å². The molecule has 2 N–H and O–H groups in total. The second-order valence-electron chi connectivity index (χ2n) is 3.86. The molecule has 0 fully saturated rings. The van der Waals surface area contributed by atoms with E-state index in [4.69, 9.17) is 26.8 Å². The van der Waals surface area contributed by atoms with Gasteiger partial charge in [-0.15, -0.1) is 0 Å². The molecule has 0 saturated heterocycles. The van der Waals surface area contributed by atoms with Crippen molar-refractivity contribution < 1.29 is 9.47 Å². The van der Waals surface area contributed by atoms with Gasteiger partial charge in [-0.05, 0) is 18.2 Å². The molecular formula is C12H16ClN3O2. The van der Waals surface area contributed by atoms with E-state index in [1.54, 1.807) is 13.2 Å². The lowest BCUT2D eigenvalue weighted by Gasteiger charge is -2.07. The number of benzene rings is 1. The number of hydrogen-bond acceptors (Lipinski definition) is 4. The highest BCUT2D eigenvalue weighted by Crippen LogP contribution is 2.21. The summed E-state index contributed by atoms with van der Waals surface area (Å²) in [5.74, 6) is 0.475. The average Bonchev–Trinajstić information content (AvgIpc) is 2.64. The molecule has 0 amide bonds. The zero-order valence-corrected chi connectivity index (χ0v) is 11.0. The lowest BCUT2D eigenvalue weighted by atomic mass is 10.3. The van der Waals surface area contributed by atoms with Crippen LogP contribution in [0.15, 0.2) is 18.2 Å². The van der Waals surface area contributed by atoms with Gasteiger partial charge < -0.3 is 19.8 Å². The third-order valence-electron chi connectivity index (χ3n) is 2.63. The summed E-state index contributed by atoms with van der Waals surface area (Å²) in [6, 6.07) is 5.54. The SMILES string of the molecule is COCCOCCn1c(N)nc2cc(Cl)ccc21. The van der Waals surface area contributed by atoms with Crippen LogP contribution in [0.1, 0.15) is 0 Å². The number of nitrogen functional groups attached to an aromatic ring is 1. The Morgan fingerprint density at radius 1 is 1.33 bits per heavy atom. The summed E-state index contributed by atoms with van der Waals surface area (Å²) in [6.07, 6.45) is 0. The molecule has 2 rings (SSSR count). The summed E-state index contributed by atoms with van der Waals surface area (Å²) in [4.78, 5) is 4.27. The maximum Gasteiger partial charge on any atom is 0.201 e. The third-order valence-corrected chi connectivity index (χ3v) is 2.87. The molecular weight excluding hydrogens is 254 g/mol. The number of ether oxygens (including phenoxy) is 2. The van der Waals surface area contributed by atoms with Crippen molar-refractivity contribution in [1.82, 2.24) is 9.55 Å². The zero-order valence-electron chi connectivity index (χ0n) is 10.2. The fourth-order valence-corrected chi connectivity index (χ4v) is 1.92. The number of aromatic nitrogens is 2. The van der Waals surface area contributed by atoms with Gasteiger partial charge in [0.05, 0.1) is 30.9 Å². The highest BCUT2D eigenvalue weighted by atomic mass is 35.5. The molecule has 6 heteroatoms. The molecule has 18 heavy (non-hydrogen) atoms. The van der Waals surface area contributed by atoms with Crippen molar-refractivity contribution in [3.63, 3.8) is 0 Å². The Hall–Kier alpha value is -1.30. The molecule has 2 aromatic rings. The molecule has 0 aliphatic rings. The van der Waals surface area contributed by atoms with Gasteiger partial charge in [0.1, 0.15) is 0 Å². The van der Waals surface area contributed by atoms with E-state index in [2.05, 4.69) is 4.98 Å². The van der Waals surface area contributed by atoms with E-state index >= 15 is 0 Å². The van der Waals surface area contributed by atoms with Gasteiger partial charge in [0.15, 0.2) is 0 Å². The average molecular weight is 270 g/mol. The molecule has 0 saturated carbocycles. The van der Waals surface area contributed by atoms with Crippen molar-refractivity contribution in [2.75, 3.05) is 32.7 Å². The van der Waals surface area contributed by atoms with Crippen LogP contribution in [0.3, 0.4) is 0 Å². The number of fused-ring (bicyclic) bond motifs is 1. The molecule has 0 aliphatic heterocycles. The van der Waals surface area contributed by atoms with Crippen molar-refractivity contribution in [1.29, 1.82) is 0 Å². The highest BCUT2D eigenvalue weighted by Gasteiger charge is 2.07. The third kappa shape index (κ3) is 2.93. The van der Waals surface area contributed by atoms with E-state index in [-0.39, 0.29) is 0 Å². The summed E-state index contributed by atoms with van der Waals surface area (Å²) in [5.41, 5.74) is 7.64.